The Balaban J connectivity index is 1.90. The molecule has 2 amide bonds. The van der Waals surface area contributed by atoms with Crippen LogP contribution in [0.2, 0.25) is 0 Å². The number of H-pyrrole nitrogens is 1. The first-order chi connectivity index (χ1) is 13.3. The molecule has 2 aromatic heterocycles. The highest BCUT2D eigenvalue weighted by Gasteiger charge is 2.53. The standard InChI is InChI=1S/C20H19N3O5/c1-10-14(17(21)24)15-12(28-10)4-5-13(16(15)20(6-7-20)19(22)26)27-9-11-3-2-8-23-18(11)25/h2-5,8H,6-7,9H2,1H3,(H2,21,24)(H2,22,26)(H,23,25). The summed E-state index contributed by atoms with van der Waals surface area (Å²) >= 11 is 0. The summed E-state index contributed by atoms with van der Waals surface area (Å²) in [5.41, 5.74) is 11.6. The Bertz CT molecular complexity index is 1170. The van der Waals surface area contributed by atoms with Crippen molar-refractivity contribution in [2.75, 3.05) is 0 Å². The number of fused-ring (bicyclic) bond motifs is 1. The Kier molecular flexibility index (Phi) is 3.99. The van der Waals surface area contributed by atoms with Gasteiger partial charge in [0.15, 0.2) is 0 Å². The Morgan fingerprint density at radius 2 is 2.00 bits per heavy atom. The van der Waals surface area contributed by atoms with Gasteiger partial charge in [0.25, 0.3) is 11.5 Å². The van der Waals surface area contributed by atoms with E-state index in [0.717, 1.165) is 0 Å². The summed E-state index contributed by atoms with van der Waals surface area (Å²) in [7, 11) is 0. The quantitative estimate of drug-likeness (QED) is 0.595. The molecular formula is C20H19N3O5. The summed E-state index contributed by atoms with van der Waals surface area (Å²) in [5, 5.41) is 0.445. The van der Waals surface area contributed by atoms with Crippen LogP contribution in [0.25, 0.3) is 11.0 Å². The molecular weight excluding hydrogens is 362 g/mol. The third kappa shape index (κ3) is 2.65. The number of aryl methyl sites for hydroxylation is 1. The molecule has 3 aromatic rings. The number of benzene rings is 1. The smallest absolute Gasteiger partial charge is 0.254 e. The topological polar surface area (TPSA) is 141 Å². The molecule has 0 bridgehead atoms. The second kappa shape index (κ2) is 6.26. The fraction of sp³-hybridized carbons (Fsp3) is 0.250. The predicted octanol–water partition coefficient (Wildman–Crippen LogP) is 1.62. The lowest BCUT2D eigenvalue weighted by molar-refractivity contribution is -0.120. The van der Waals surface area contributed by atoms with E-state index in [4.69, 9.17) is 20.6 Å². The fourth-order valence-electron chi connectivity index (χ4n) is 3.65. The maximum absolute atomic E-state index is 12.3. The monoisotopic (exact) mass is 381 g/mol. The lowest BCUT2D eigenvalue weighted by Gasteiger charge is -2.18. The second-order valence-electron chi connectivity index (χ2n) is 6.97. The van der Waals surface area contributed by atoms with Crippen LogP contribution in [0.1, 0.15) is 40.1 Å². The predicted molar refractivity (Wildman–Crippen MR) is 101 cm³/mol. The van der Waals surface area contributed by atoms with E-state index in [9.17, 15) is 14.4 Å². The van der Waals surface area contributed by atoms with E-state index >= 15 is 0 Å². The van der Waals surface area contributed by atoms with Crippen molar-refractivity contribution in [3.8, 4) is 5.75 Å². The van der Waals surface area contributed by atoms with Gasteiger partial charge in [-0.05, 0) is 44.0 Å². The van der Waals surface area contributed by atoms with Crippen LogP contribution >= 0.6 is 0 Å². The Morgan fingerprint density at radius 1 is 1.25 bits per heavy atom. The van der Waals surface area contributed by atoms with Gasteiger partial charge < -0.3 is 25.6 Å². The van der Waals surface area contributed by atoms with E-state index in [0.29, 0.717) is 46.4 Å². The van der Waals surface area contributed by atoms with Crippen molar-refractivity contribution in [3.05, 3.63) is 63.3 Å². The van der Waals surface area contributed by atoms with Crippen molar-refractivity contribution in [1.29, 1.82) is 0 Å². The molecule has 28 heavy (non-hydrogen) atoms. The number of nitrogens with one attached hydrogen (secondary N) is 1. The number of carbonyl (C=O) groups excluding carboxylic acids is 2. The zero-order valence-electron chi connectivity index (χ0n) is 15.2. The first-order valence-corrected chi connectivity index (χ1v) is 8.81. The number of hydrogen-bond acceptors (Lipinski definition) is 5. The van der Waals surface area contributed by atoms with Crippen molar-refractivity contribution in [1.82, 2.24) is 4.98 Å². The number of aromatic amines is 1. The molecule has 0 aliphatic heterocycles. The molecule has 5 N–H and O–H groups in total. The number of nitrogens with two attached hydrogens (primary N) is 2. The lowest BCUT2D eigenvalue weighted by atomic mass is 9.89. The molecule has 8 heteroatoms. The van der Waals surface area contributed by atoms with Crippen LogP contribution in [0.5, 0.6) is 5.75 Å². The number of pyridine rings is 1. The maximum Gasteiger partial charge on any atom is 0.254 e. The van der Waals surface area contributed by atoms with Gasteiger partial charge in [0.05, 0.1) is 16.5 Å². The molecule has 0 unspecified atom stereocenters. The largest absolute Gasteiger partial charge is 0.488 e. The van der Waals surface area contributed by atoms with E-state index in [1.807, 2.05) is 0 Å². The molecule has 1 aromatic carbocycles. The van der Waals surface area contributed by atoms with Gasteiger partial charge in [-0.1, -0.05) is 0 Å². The van der Waals surface area contributed by atoms with Crippen LogP contribution in [-0.2, 0) is 16.8 Å². The van der Waals surface area contributed by atoms with Crippen LogP contribution in [-0.4, -0.2) is 16.8 Å². The minimum absolute atomic E-state index is 0.00768. The average molecular weight is 381 g/mol. The van der Waals surface area contributed by atoms with Crippen LogP contribution in [0.3, 0.4) is 0 Å². The van der Waals surface area contributed by atoms with Crippen LogP contribution in [0, 0.1) is 6.92 Å². The molecule has 1 aliphatic rings. The first-order valence-electron chi connectivity index (χ1n) is 8.81. The third-order valence-corrected chi connectivity index (χ3v) is 5.22. The van der Waals surface area contributed by atoms with Gasteiger partial charge in [-0.3, -0.25) is 14.4 Å². The summed E-state index contributed by atoms with van der Waals surface area (Å²) in [4.78, 5) is 38.8. The van der Waals surface area contributed by atoms with Gasteiger partial charge >= 0.3 is 0 Å². The molecule has 2 heterocycles. The molecule has 1 fully saturated rings. The number of primary amides is 2. The van der Waals surface area contributed by atoms with Crippen molar-refractivity contribution in [3.63, 3.8) is 0 Å². The second-order valence-corrected chi connectivity index (χ2v) is 6.97. The number of rotatable bonds is 6. The number of amides is 2. The van der Waals surface area contributed by atoms with Gasteiger partial charge in [0, 0.05) is 17.1 Å². The Labute approximate surface area is 159 Å². The van der Waals surface area contributed by atoms with Crippen molar-refractivity contribution >= 4 is 22.8 Å². The fourth-order valence-corrected chi connectivity index (χ4v) is 3.65. The lowest BCUT2D eigenvalue weighted by Crippen LogP contribution is -2.29. The van der Waals surface area contributed by atoms with E-state index in [1.54, 1.807) is 31.2 Å². The molecule has 1 aliphatic carbocycles. The molecule has 0 spiro atoms. The highest BCUT2D eigenvalue weighted by Crippen LogP contribution is 2.54. The average Bonchev–Trinajstić information content (AvgIpc) is 3.37. The summed E-state index contributed by atoms with van der Waals surface area (Å²) < 4.78 is 11.6. The van der Waals surface area contributed by atoms with E-state index in [-0.39, 0.29) is 17.7 Å². The van der Waals surface area contributed by atoms with Gasteiger partial charge in [-0.25, -0.2) is 0 Å². The van der Waals surface area contributed by atoms with E-state index in [2.05, 4.69) is 4.98 Å². The van der Waals surface area contributed by atoms with Crippen molar-refractivity contribution < 1.29 is 18.7 Å². The molecule has 144 valence electrons. The van der Waals surface area contributed by atoms with Gasteiger partial charge in [0.2, 0.25) is 5.91 Å². The van der Waals surface area contributed by atoms with Crippen molar-refractivity contribution in [2.45, 2.75) is 31.8 Å². The molecule has 0 atom stereocenters. The minimum atomic E-state index is -0.946. The Hall–Kier alpha value is -3.55. The number of furan rings is 1. The zero-order valence-corrected chi connectivity index (χ0v) is 15.2. The minimum Gasteiger partial charge on any atom is -0.488 e. The maximum atomic E-state index is 12.3. The summed E-state index contributed by atoms with van der Waals surface area (Å²) in [5.74, 6) is -0.429. The highest BCUT2D eigenvalue weighted by molar-refractivity contribution is 6.10. The number of aromatic nitrogens is 1. The Morgan fingerprint density at radius 3 is 2.61 bits per heavy atom. The van der Waals surface area contributed by atoms with Gasteiger partial charge in [-0.15, -0.1) is 0 Å². The molecule has 1 saturated carbocycles. The van der Waals surface area contributed by atoms with Gasteiger partial charge in [0.1, 0.15) is 23.7 Å². The summed E-state index contributed by atoms with van der Waals surface area (Å²) in [6, 6.07) is 6.65. The highest BCUT2D eigenvalue weighted by atomic mass is 16.5. The number of hydrogen-bond donors (Lipinski definition) is 3. The van der Waals surface area contributed by atoms with Crippen molar-refractivity contribution in [2.24, 2.45) is 11.5 Å². The molecule has 0 radical (unpaired) electrons. The summed E-state index contributed by atoms with van der Waals surface area (Å²) in [6.45, 7) is 1.63. The number of ether oxygens (including phenoxy) is 1. The van der Waals surface area contributed by atoms with E-state index < -0.39 is 17.2 Å². The van der Waals surface area contributed by atoms with Crippen LogP contribution in [0.15, 0.2) is 39.7 Å². The zero-order chi connectivity index (χ0) is 20.1. The van der Waals surface area contributed by atoms with E-state index in [1.165, 1.54) is 6.20 Å². The molecule has 4 rings (SSSR count). The van der Waals surface area contributed by atoms with Crippen LogP contribution in [0.4, 0.5) is 0 Å². The molecule has 8 nitrogen and oxygen atoms in total. The first kappa shape index (κ1) is 17.8. The van der Waals surface area contributed by atoms with Gasteiger partial charge in [-0.2, -0.15) is 0 Å². The molecule has 0 saturated heterocycles. The normalized spacial score (nSPS) is 14.8. The third-order valence-electron chi connectivity index (χ3n) is 5.22. The summed E-state index contributed by atoms with van der Waals surface area (Å²) in [6.07, 6.45) is 2.60. The van der Waals surface area contributed by atoms with Crippen LogP contribution < -0.4 is 21.8 Å². The number of carbonyl (C=O) groups is 2. The SMILES string of the molecule is Cc1oc2ccc(OCc3ccc[nH]c3=O)c(C3(C(N)=O)CC3)c2c1C(N)=O.